The lowest BCUT2D eigenvalue weighted by Crippen LogP contribution is -2.52. The molecule has 1 atom stereocenters. The number of piperazine rings is 1. The van der Waals surface area contributed by atoms with E-state index in [2.05, 4.69) is 45.5 Å². The second-order valence-corrected chi connectivity index (χ2v) is 5.80. The van der Waals surface area contributed by atoms with Gasteiger partial charge < -0.3 is 10.2 Å². The number of hydrogen-bond donors (Lipinski definition) is 1. The molecule has 6 heteroatoms. The minimum absolute atomic E-state index is 0.558. The first kappa shape index (κ1) is 13.7. The molecule has 1 aromatic rings. The number of likely N-dealkylation sites (N-methyl/N-ethyl adjacent to an activating group) is 2. The fourth-order valence-corrected chi connectivity index (χ4v) is 2.80. The highest BCUT2D eigenvalue weighted by molar-refractivity contribution is 7.09. The van der Waals surface area contributed by atoms with Gasteiger partial charge in [0.05, 0.1) is 0 Å². The zero-order valence-corrected chi connectivity index (χ0v) is 12.3. The van der Waals surface area contributed by atoms with Crippen LogP contribution in [-0.2, 0) is 6.42 Å². The first-order chi connectivity index (χ1) is 8.69. The van der Waals surface area contributed by atoms with Crippen molar-refractivity contribution in [3.8, 4) is 0 Å². The van der Waals surface area contributed by atoms with Crippen molar-refractivity contribution in [1.82, 2.24) is 19.2 Å². The Hall–Kier alpha value is -0.720. The molecule has 0 amide bonds. The smallest absolute Gasteiger partial charge is 0.202 e. The third-order valence-corrected chi connectivity index (χ3v) is 4.12. The Bertz CT molecular complexity index is 367. The topological polar surface area (TPSA) is 44.3 Å². The molecular formula is C12H23N5S. The van der Waals surface area contributed by atoms with Crippen molar-refractivity contribution >= 4 is 16.7 Å². The maximum Gasteiger partial charge on any atom is 0.202 e. The van der Waals surface area contributed by atoms with E-state index >= 15 is 0 Å². The van der Waals surface area contributed by atoms with E-state index in [9.17, 15) is 0 Å². The lowest BCUT2D eigenvalue weighted by Gasteiger charge is -2.37. The summed E-state index contributed by atoms with van der Waals surface area (Å²) in [6.07, 6.45) is 2.08. The Balaban J connectivity index is 1.82. The molecule has 1 unspecified atom stereocenters. The highest BCUT2D eigenvalue weighted by Crippen LogP contribution is 2.13. The molecule has 0 spiro atoms. The third-order valence-electron chi connectivity index (χ3n) is 3.41. The summed E-state index contributed by atoms with van der Waals surface area (Å²) in [7, 11) is 4.38. The fraction of sp³-hybridized carbons (Fsp3) is 0.833. The standard InChI is InChI=1S/C12H23N5S/c1-4-5-11-14-12(18-15-11)13-8-10-9-16(2)6-7-17(10)3/h10H,4-9H2,1-3H3,(H,13,14,15). The van der Waals surface area contributed by atoms with Gasteiger partial charge in [0.1, 0.15) is 5.82 Å². The van der Waals surface area contributed by atoms with Gasteiger partial charge in [-0.05, 0) is 20.5 Å². The van der Waals surface area contributed by atoms with Crippen molar-refractivity contribution in [3.63, 3.8) is 0 Å². The fourth-order valence-electron chi connectivity index (χ4n) is 2.18. The van der Waals surface area contributed by atoms with E-state index < -0.39 is 0 Å². The number of nitrogens with zero attached hydrogens (tertiary/aromatic N) is 4. The van der Waals surface area contributed by atoms with Gasteiger partial charge in [-0.25, -0.2) is 4.98 Å². The van der Waals surface area contributed by atoms with Crippen molar-refractivity contribution in [2.24, 2.45) is 0 Å². The first-order valence-corrected chi connectivity index (χ1v) is 7.41. The van der Waals surface area contributed by atoms with Crippen LogP contribution in [-0.4, -0.2) is 65.5 Å². The van der Waals surface area contributed by atoms with Crippen molar-refractivity contribution in [3.05, 3.63) is 5.82 Å². The zero-order chi connectivity index (χ0) is 13.0. The number of aryl methyl sites for hydroxylation is 1. The van der Waals surface area contributed by atoms with Crippen molar-refractivity contribution in [1.29, 1.82) is 0 Å². The van der Waals surface area contributed by atoms with Crippen molar-refractivity contribution in [2.45, 2.75) is 25.8 Å². The van der Waals surface area contributed by atoms with Crippen LogP contribution >= 0.6 is 11.5 Å². The predicted octanol–water partition coefficient (Wildman–Crippen LogP) is 1.15. The second-order valence-electron chi connectivity index (χ2n) is 5.04. The monoisotopic (exact) mass is 269 g/mol. The normalized spacial score (nSPS) is 22.3. The summed E-state index contributed by atoms with van der Waals surface area (Å²) in [5.41, 5.74) is 0. The molecule has 0 aromatic carbocycles. The van der Waals surface area contributed by atoms with Gasteiger partial charge in [0.15, 0.2) is 0 Å². The Morgan fingerprint density at radius 1 is 1.39 bits per heavy atom. The molecule has 1 N–H and O–H groups in total. The van der Waals surface area contributed by atoms with Gasteiger partial charge in [0.25, 0.3) is 0 Å². The highest BCUT2D eigenvalue weighted by atomic mass is 32.1. The molecule has 0 radical (unpaired) electrons. The van der Waals surface area contributed by atoms with E-state index in [0.717, 1.165) is 50.0 Å². The van der Waals surface area contributed by atoms with Gasteiger partial charge >= 0.3 is 0 Å². The lowest BCUT2D eigenvalue weighted by molar-refractivity contribution is 0.122. The number of hydrogen-bond acceptors (Lipinski definition) is 6. The molecular weight excluding hydrogens is 246 g/mol. The van der Waals surface area contributed by atoms with Crippen LogP contribution < -0.4 is 5.32 Å². The molecule has 1 fully saturated rings. The van der Waals surface area contributed by atoms with Crippen molar-refractivity contribution < 1.29 is 0 Å². The number of anilines is 1. The van der Waals surface area contributed by atoms with Gasteiger partial charge in [-0.15, -0.1) is 0 Å². The Morgan fingerprint density at radius 3 is 3.00 bits per heavy atom. The second kappa shape index (κ2) is 6.45. The predicted molar refractivity (Wildman–Crippen MR) is 76.3 cm³/mol. The van der Waals surface area contributed by atoms with Crippen LogP contribution in [0.4, 0.5) is 5.13 Å². The molecule has 1 saturated heterocycles. The minimum atomic E-state index is 0.558. The molecule has 2 heterocycles. The van der Waals surface area contributed by atoms with Crippen LogP contribution in [0.1, 0.15) is 19.2 Å². The van der Waals surface area contributed by atoms with E-state index in [1.54, 1.807) is 0 Å². The maximum absolute atomic E-state index is 4.49. The van der Waals surface area contributed by atoms with Crippen LogP contribution in [0, 0.1) is 0 Å². The Labute approximate surface area is 113 Å². The maximum atomic E-state index is 4.49. The quantitative estimate of drug-likeness (QED) is 0.868. The summed E-state index contributed by atoms with van der Waals surface area (Å²) in [5, 5.41) is 4.38. The van der Waals surface area contributed by atoms with Crippen LogP contribution in [0.3, 0.4) is 0 Å². The highest BCUT2D eigenvalue weighted by Gasteiger charge is 2.22. The Kier molecular flexibility index (Phi) is 4.91. The van der Waals surface area contributed by atoms with Crippen LogP contribution in [0.5, 0.6) is 0 Å². The number of rotatable bonds is 5. The molecule has 0 aliphatic carbocycles. The lowest BCUT2D eigenvalue weighted by atomic mass is 10.2. The van der Waals surface area contributed by atoms with Crippen LogP contribution in [0.25, 0.3) is 0 Å². The van der Waals surface area contributed by atoms with Crippen molar-refractivity contribution in [2.75, 3.05) is 45.6 Å². The average Bonchev–Trinajstić information content (AvgIpc) is 2.79. The van der Waals surface area contributed by atoms with Gasteiger partial charge in [0.2, 0.25) is 5.13 Å². The van der Waals surface area contributed by atoms with Gasteiger partial charge in [0, 0.05) is 50.2 Å². The summed E-state index contributed by atoms with van der Waals surface area (Å²) >= 11 is 1.48. The van der Waals surface area contributed by atoms with Gasteiger partial charge in [-0.3, -0.25) is 4.90 Å². The van der Waals surface area contributed by atoms with Gasteiger partial charge in [-0.2, -0.15) is 4.37 Å². The van der Waals surface area contributed by atoms with E-state index in [4.69, 9.17) is 0 Å². The summed E-state index contributed by atoms with van der Waals surface area (Å²) in [5.74, 6) is 0.971. The summed E-state index contributed by atoms with van der Waals surface area (Å²) in [4.78, 5) is 9.29. The molecule has 18 heavy (non-hydrogen) atoms. The average molecular weight is 269 g/mol. The van der Waals surface area contributed by atoms with Crippen LogP contribution in [0.15, 0.2) is 0 Å². The molecule has 0 saturated carbocycles. The van der Waals surface area contributed by atoms with E-state index in [-0.39, 0.29) is 0 Å². The molecule has 1 aromatic heterocycles. The molecule has 5 nitrogen and oxygen atoms in total. The summed E-state index contributed by atoms with van der Waals surface area (Å²) in [6.45, 7) is 6.51. The summed E-state index contributed by atoms with van der Waals surface area (Å²) < 4.78 is 4.35. The minimum Gasteiger partial charge on any atom is -0.359 e. The summed E-state index contributed by atoms with van der Waals surface area (Å²) in [6, 6.07) is 0.558. The zero-order valence-electron chi connectivity index (χ0n) is 11.5. The first-order valence-electron chi connectivity index (χ1n) is 6.64. The van der Waals surface area contributed by atoms with E-state index in [1.807, 2.05) is 0 Å². The Morgan fingerprint density at radius 2 is 2.22 bits per heavy atom. The van der Waals surface area contributed by atoms with Crippen LogP contribution in [0.2, 0.25) is 0 Å². The SMILES string of the molecule is CCCc1nsc(NCC2CN(C)CCN2C)n1. The molecule has 102 valence electrons. The molecule has 2 rings (SSSR count). The van der Waals surface area contributed by atoms with Gasteiger partial charge in [-0.1, -0.05) is 6.92 Å². The largest absolute Gasteiger partial charge is 0.359 e. The molecule has 0 bridgehead atoms. The number of aromatic nitrogens is 2. The molecule has 1 aliphatic rings. The van der Waals surface area contributed by atoms with E-state index in [0.29, 0.717) is 6.04 Å². The van der Waals surface area contributed by atoms with E-state index in [1.165, 1.54) is 11.5 Å². The molecule has 1 aliphatic heterocycles. The third kappa shape index (κ3) is 3.63. The number of nitrogens with one attached hydrogen (secondary N) is 1.